The Labute approximate surface area is 151 Å². The summed E-state index contributed by atoms with van der Waals surface area (Å²) in [5.41, 5.74) is 1.71. The molecule has 1 aliphatic heterocycles. The molecule has 2 aromatic carbocycles. The molecular formula is C17H14FN5O4. The van der Waals surface area contributed by atoms with Crippen LogP contribution in [-0.2, 0) is 11.2 Å². The van der Waals surface area contributed by atoms with Crippen LogP contribution in [0.5, 0.6) is 5.75 Å². The van der Waals surface area contributed by atoms with Crippen LogP contribution in [0.2, 0.25) is 0 Å². The third-order valence-corrected chi connectivity index (χ3v) is 4.10. The van der Waals surface area contributed by atoms with Gasteiger partial charge in [0.05, 0.1) is 27.7 Å². The number of carbonyl (C=O) groups excluding carboxylic acids is 1. The van der Waals surface area contributed by atoms with Crippen LogP contribution in [0.1, 0.15) is 5.82 Å². The highest BCUT2D eigenvalue weighted by molar-refractivity contribution is 5.96. The molecule has 0 atom stereocenters. The van der Waals surface area contributed by atoms with E-state index >= 15 is 0 Å². The SMILES string of the molecule is O=C1COc2cc([N+](=O)[O-])c(NCCc3nc4ccc(F)cc4[nH]3)cc2N1. The van der Waals surface area contributed by atoms with Crippen molar-refractivity contribution in [2.45, 2.75) is 6.42 Å². The predicted octanol–water partition coefficient (Wildman–Crippen LogP) is 2.60. The summed E-state index contributed by atoms with van der Waals surface area (Å²) in [6.45, 7) is 0.167. The van der Waals surface area contributed by atoms with Crippen LogP contribution < -0.4 is 15.4 Å². The van der Waals surface area contributed by atoms with E-state index in [1.165, 1.54) is 24.3 Å². The maximum Gasteiger partial charge on any atom is 0.296 e. The number of aromatic nitrogens is 2. The summed E-state index contributed by atoms with van der Waals surface area (Å²) in [7, 11) is 0. The van der Waals surface area contributed by atoms with E-state index in [1.54, 1.807) is 6.07 Å². The molecule has 1 aromatic heterocycles. The molecule has 0 aliphatic carbocycles. The number of nitro groups is 1. The Bertz CT molecular complexity index is 1060. The first-order chi connectivity index (χ1) is 13.0. The van der Waals surface area contributed by atoms with E-state index in [2.05, 4.69) is 20.6 Å². The molecule has 3 N–H and O–H groups in total. The number of nitro benzene ring substituents is 1. The van der Waals surface area contributed by atoms with Gasteiger partial charge in [-0.05, 0) is 24.3 Å². The second kappa shape index (κ2) is 6.56. The van der Waals surface area contributed by atoms with Gasteiger partial charge in [0.1, 0.15) is 17.3 Å². The predicted molar refractivity (Wildman–Crippen MR) is 95.5 cm³/mol. The molecule has 3 aromatic rings. The van der Waals surface area contributed by atoms with Gasteiger partial charge >= 0.3 is 0 Å². The number of carbonyl (C=O) groups is 1. The third-order valence-electron chi connectivity index (χ3n) is 4.10. The largest absolute Gasteiger partial charge is 0.481 e. The highest BCUT2D eigenvalue weighted by Gasteiger charge is 2.23. The molecule has 1 amide bonds. The topological polar surface area (TPSA) is 122 Å². The molecule has 0 saturated carbocycles. The molecule has 9 nitrogen and oxygen atoms in total. The van der Waals surface area contributed by atoms with Crippen molar-refractivity contribution >= 4 is 34.0 Å². The van der Waals surface area contributed by atoms with Gasteiger partial charge in [0.25, 0.3) is 11.6 Å². The lowest BCUT2D eigenvalue weighted by Gasteiger charge is -2.19. The summed E-state index contributed by atoms with van der Waals surface area (Å²) in [5.74, 6) is 0.202. The molecule has 0 unspecified atom stereocenters. The number of H-pyrrole nitrogens is 1. The van der Waals surface area contributed by atoms with Gasteiger partial charge in [-0.3, -0.25) is 14.9 Å². The van der Waals surface area contributed by atoms with Crippen molar-refractivity contribution in [2.24, 2.45) is 0 Å². The van der Waals surface area contributed by atoms with Gasteiger partial charge in [0.2, 0.25) is 0 Å². The van der Waals surface area contributed by atoms with Gasteiger partial charge in [0, 0.05) is 13.0 Å². The minimum atomic E-state index is -0.521. The number of halogens is 1. The Kier molecular flexibility index (Phi) is 4.07. The lowest BCUT2D eigenvalue weighted by molar-refractivity contribution is -0.384. The van der Waals surface area contributed by atoms with Crippen molar-refractivity contribution < 1.29 is 18.8 Å². The lowest BCUT2D eigenvalue weighted by atomic mass is 10.2. The molecule has 0 saturated heterocycles. The van der Waals surface area contributed by atoms with Crippen molar-refractivity contribution in [3.8, 4) is 5.75 Å². The van der Waals surface area contributed by atoms with E-state index in [-0.39, 0.29) is 35.5 Å². The number of imidazole rings is 1. The summed E-state index contributed by atoms with van der Waals surface area (Å²) in [4.78, 5) is 29.6. The van der Waals surface area contributed by atoms with Gasteiger partial charge in [-0.15, -0.1) is 0 Å². The van der Waals surface area contributed by atoms with Crippen LogP contribution in [0.25, 0.3) is 11.0 Å². The Morgan fingerprint density at radius 1 is 1.33 bits per heavy atom. The minimum Gasteiger partial charge on any atom is -0.481 e. The number of rotatable bonds is 5. The third kappa shape index (κ3) is 3.36. The maximum absolute atomic E-state index is 13.2. The number of hydrogen-bond donors (Lipinski definition) is 3. The molecule has 4 rings (SSSR count). The average Bonchev–Trinajstić information content (AvgIpc) is 3.02. The average molecular weight is 371 g/mol. The lowest BCUT2D eigenvalue weighted by Crippen LogP contribution is -2.25. The minimum absolute atomic E-state index is 0.156. The van der Waals surface area contributed by atoms with E-state index in [1.807, 2.05) is 0 Å². The summed E-state index contributed by atoms with van der Waals surface area (Å²) in [5, 5.41) is 16.9. The Hall–Kier alpha value is -3.69. The first-order valence-corrected chi connectivity index (χ1v) is 8.13. The van der Waals surface area contributed by atoms with Gasteiger partial charge in [-0.25, -0.2) is 9.37 Å². The van der Waals surface area contributed by atoms with E-state index in [9.17, 15) is 19.3 Å². The molecule has 0 spiro atoms. The molecule has 27 heavy (non-hydrogen) atoms. The van der Waals surface area contributed by atoms with E-state index in [0.717, 1.165) is 0 Å². The number of anilines is 2. The molecule has 0 radical (unpaired) electrons. The number of amides is 1. The molecule has 138 valence electrons. The smallest absolute Gasteiger partial charge is 0.296 e. The normalized spacial score (nSPS) is 13.0. The summed E-state index contributed by atoms with van der Waals surface area (Å²) in [6, 6.07) is 7.02. The summed E-state index contributed by atoms with van der Waals surface area (Å²) < 4.78 is 18.4. The quantitative estimate of drug-likeness (QED) is 0.468. The van der Waals surface area contributed by atoms with E-state index in [4.69, 9.17) is 4.74 Å². The molecule has 1 aliphatic rings. The number of hydrogen-bond acceptors (Lipinski definition) is 6. The zero-order valence-corrected chi connectivity index (χ0v) is 13.9. The van der Waals surface area contributed by atoms with Gasteiger partial charge in [-0.2, -0.15) is 0 Å². The van der Waals surface area contributed by atoms with Crippen LogP contribution in [-0.4, -0.2) is 34.0 Å². The van der Waals surface area contributed by atoms with Gasteiger partial charge in [0.15, 0.2) is 12.4 Å². The standard InChI is InChI=1S/C17H14FN5O4/c18-9-1-2-10-11(5-9)21-16(20-10)3-4-19-12-6-13-15(7-14(12)23(25)26)27-8-17(24)22-13/h1-2,5-7,19H,3-4,8H2,(H,20,21)(H,22,24). The zero-order chi connectivity index (χ0) is 19.0. The van der Waals surface area contributed by atoms with Crippen molar-refractivity contribution in [1.82, 2.24) is 9.97 Å². The molecular weight excluding hydrogens is 357 g/mol. The van der Waals surface area contributed by atoms with Crippen LogP contribution in [0.15, 0.2) is 30.3 Å². The first-order valence-electron chi connectivity index (χ1n) is 8.13. The molecule has 2 heterocycles. The van der Waals surface area contributed by atoms with E-state index in [0.29, 0.717) is 35.5 Å². The Morgan fingerprint density at radius 2 is 2.19 bits per heavy atom. The van der Waals surface area contributed by atoms with Gasteiger partial charge in [-0.1, -0.05) is 0 Å². The second-order valence-electron chi connectivity index (χ2n) is 5.98. The highest BCUT2D eigenvalue weighted by Crippen LogP contribution is 2.37. The molecule has 0 bridgehead atoms. The van der Waals surface area contributed by atoms with Crippen molar-refractivity contribution in [3.63, 3.8) is 0 Å². The number of aromatic amines is 1. The zero-order valence-electron chi connectivity index (χ0n) is 13.9. The number of nitrogens with zero attached hydrogens (tertiary/aromatic N) is 2. The first kappa shape index (κ1) is 16.8. The summed E-state index contributed by atoms with van der Waals surface area (Å²) in [6.07, 6.45) is 0.438. The monoisotopic (exact) mass is 371 g/mol. The number of benzene rings is 2. The van der Waals surface area contributed by atoms with Crippen LogP contribution in [0, 0.1) is 15.9 Å². The molecule has 0 fully saturated rings. The Balaban J connectivity index is 1.52. The second-order valence-corrected chi connectivity index (χ2v) is 5.98. The van der Waals surface area contributed by atoms with Crippen LogP contribution in [0.3, 0.4) is 0 Å². The summed E-state index contributed by atoms with van der Waals surface area (Å²) >= 11 is 0. The fraction of sp³-hybridized carbons (Fsp3) is 0.176. The Morgan fingerprint density at radius 3 is 3.00 bits per heavy atom. The number of fused-ring (bicyclic) bond motifs is 2. The van der Waals surface area contributed by atoms with Crippen molar-refractivity contribution in [1.29, 1.82) is 0 Å². The van der Waals surface area contributed by atoms with Crippen LogP contribution in [0.4, 0.5) is 21.5 Å². The maximum atomic E-state index is 13.2. The molecule has 10 heteroatoms. The van der Waals surface area contributed by atoms with Crippen LogP contribution >= 0.6 is 0 Å². The van der Waals surface area contributed by atoms with E-state index < -0.39 is 4.92 Å². The van der Waals surface area contributed by atoms with Crippen molar-refractivity contribution in [2.75, 3.05) is 23.8 Å². The number of nitrogens with one attached hydrogen (secondary N) is 3. The van der Waals surface area contributed by atoms with Crippen molar-refractivity contribution in [3.05, 3.63) is 52.1 Å². The fourth-order valence-corrected chi connectivity index (χ4v) is 2.88. The van der Waals surface area contributed by atoms with Gasteiger partial charge < -0.3 is 20.4 Å². The fourth-order valence-electron chi connectivity index (χ4n) is 2.88. The number of ether oxygens (including phenoxy) is 1. The highest BCUT2D eigenvalue weighted by atomic mass is 19.1.